The molecule has 0 bridgehead atoms. The van der Waals surface area contributed by atoms with Crippen molar-refractivity contribution in [3.05, 3.63) is 46.9 Å². The average Bonchev–Trinajstić information content (AvgIpc) is 2.86. The predicted molar refractivity (Wildman–Crippen MR) is 88.7 cm³/mol. The Hall–Kier alpha value is -2.53. The van der Waals surface area contributed by atoms with Crippen LogP contribution < -0.4 is 9.50 Å². The number of alkyl halides is 3. The Morgan fingerprint density at radius 3 is 2.27 bits per heavy atom. The van der Waals surface area contributed by atoms with Crippen molar-refractivity contribution >= 4 is 49.9 Å². The molecule has 1 heterocycles. The number of hydrogen-bond acceptors (Lipinski definition) is 6. The monoisotopic (exact) mass is 403 g/mol. The van der Waals surface area contributed by atoms with Crippen molar-refractivity contribution in [2.45, 2.75) is 5.51 Å². The van der Waals surface area contributed by atoms with Crippen LogP contribution in [0.4, 0.5) is 18.0 Å². The zero-order valence-electron chi connectivity index (χ0n) is 12.5. The van der Waals surface area contributed by atoms with Crippen LogP contribution in [0.3, 0.4) is 0 Å². The number of thioether (sulfide) groups is 1. The lowest BCUT2D eigenvalue weighted by molar-refractivity contribution is -0.115. The van der Waals surface area contributed by atoms with Gasteiger partial charge in [-0.2, -0.15) is 21.6 Å². The average molecular weight is 403 g/mol. The third-order valence-corrected chi connectivity index (χ3v) is 5.11. The van der Waals surface area contributed by atoms with Crippen molar-refractivity contribution in [3.63, 3.8) is 0 Å². The maximum atomic E-state index is 12.5. The van der Waals surface area contributed by atoms with Crippen LogP contribution in [0.15, 0.2) is 41.3 Å². The summed E-state index contributed by atoms with van der Waals surface area (Å²) in [5.74, 6) is -1.09. The molecule has 0 aliphatic carbocycles. The molecule has 26 heavy (non-hydrogen) atoms. The maximum absolute atomic E-state index is 12.5. The number of hydrogen-bond donors (Lipinski definition) is 1. The number of carbonyl (C=O) groups is 2. The maximum Gasteiger partial charge on any atom is 0.534 e. The van der Waals surface area contributed by atoms with Gasteiger partial charge >= 0.3 is 15.6 Å². The number of imide groups is 1. The van der Waals surface area contributed by atoms with Gasteiger partial charge in [-0.15, -0.1) is 0 Å². The van der Waals surface area contributed by atoms with E-state index in [1.807, 2.05) is 0 Å². The lowest BCUT2D eigenvalue weighted by atomic mass is 10.0. The van der Waals surface area contributed by atoms with Gasteiger partial charge in [-0.3, -0.25) is 14.9 Å². The molecule has 0 aromatic heterocycles. The Bertz CT molecular complexity index is 1060. The van der Waals surface area contributed by atoms with Crippen LogP contribution in [0.2, 0.25) is 0 Å². The fraction of sp³-hybridized carbons (Fsp3) is 0.0667. The van der Waals surface area contributed by atoms with Crippen LogP contribution in [0.1, 0.15) is 5.56 Å². The molecule has 1 fully saturated rings. The highest BCUT2D eigenvalue weighted by Gasteiger charge is 2.48. The largest absolute Gasteiger partial charge is 0.534 e. The van der Waals surface area contributed by atoms with Gasteiger partial charge in [0.1, 0.15) is 0 Å². The van der Waals surface area contributed by atoms with E-state index in [4.69, 9.17) is 0 Å². The first-order valence-corrected chi connectivity index (χ1v) is 9.08. The van der Waals surface area contributed by atoms with Crippen LogP contribution in [0, 0.1) is 0 Å². The summed E-state index contributed by atoms with van der Waals surface area (Å²) in [4.78, 5) is 23.0. The second kappa shape index (κ2) is 6.32. The molecular weight excluding hydrogens is 395 g/mol. The van der Waals surface area contributed by atoms with E-state index in [-0.39, 0.29) is 10.3 Å². The summed E-state index contributed by atoms with van der Waals surface area (Å²) in [6, 6.07) is 8.33. The second-order valence-electron chi connectivity index (χ2n) is 5.03. The van der Waals surface area contributed by atoms with Crippen LogP contribution in [-0.4, -0.2) is 25.1 Å². The number of amides is 2. The van der Waals surface area contributed by atoms with Gasteiger partial charge in [0.2, 0.25) is 0 Å². The minimum absolute atomic E-state index is 0.101. The molecule has 1 saturated heterocycles. The smallest absolute Gasteiger partial charge is 0.375 e. The summed E-state index contributed by atoms with van der Waals surface area (Å²) in [7, 11) is -5.82. The number of halogens is 3. The van der Waals surface area contributed by atoms with Crippen LogP contribution in [0.5, 0.6) is 5.75 Å². The Balaban J connectivity index is 2.10. The van der Waals surface area contributed by atoms with E-state index in [0.717, 1.165) is 6.07 Å². The van der Waals surface area contributed by atoms with Gasteiger partial charge in [-0.05, 0) is 34.9 Å². The summed E-state index contributed by atoms with van der Waals surface area (Å²) in [6.45, 7) is 0. The molecule has 0 unspecified atom stereocenters. The first-order valence-electron chi connectivity index (χ1n) is 6.86. The van der Waals surface area contributed by atoms with Gasteiger partial charge in [0.25, 0.3) is 11.1 Å². The van der Waals surface area contributed by atoms with Gasteiger partial charge in [0.05, 0.1) is 4.91 Å². The molecule has 11 heteroatoms. The lowest BCUT2D eigenvalue weighted by Gasteiger charge is -2.12. The van der Waals surface area contributed by atoms with E-state index in [0.29, 0.717) is 22.7 Å². The molecular formula is C15H8F3NO5S2. The normalized spacial score (nSPS) is 17.0. The van der Waals surface area contributed by atoms with Gasteiger partial charge in [-0.1, -0.05) is 30.3 Å². The fourth-order valence-corrected chi connectivity index (χ4v) is 3.37. The van der Waals surface area contributed by atoms with Crippen molar-refractivity contribution < 1.29 is 35.4 Å². The third-order valence-electron chi connectivity index (χ3n) is 3.33. The summed E-state index contributed by atoms with van der Waals surface area (Å²) >= 11 is 0.680. The lowest BCUT2D eigenvalue weighted by Crippen LogP contribution is -2.28. The highest BCUT2D eigenvalue weighted by molar-refractivity contribution is 8.18. The minimum Gasteiger partial charge on any atom is -0.375 e. The molecule has 1 aliphatic heterocycles. The van der Waals surface area contributed by atoms with E-state index >= 15 is 0 Å². The minimum atomic E-state index is -5.82. The van der Waals surface area contributed by atoms with E-state index in [9.17, 15) is 31.2 Å². The first-order chi connectivity index (χ1) is 12.1. The molecule has 2 amide bonds. The molecule has 6 nitrogen and oxygen atoms in total. The quantitative estimate of drug-likeness (QED) is 0.480. The first kappa shape index (κ1) is 18.3. The molecule has 0 radical (unpaired) electrons. The summed E-state index contributed by atoms with van der Waals surface area (Å²) in [5.41, 5.74) is -5.15. The van der Waals surface area contributed by atoms with Crippen LogP contribution >= 0.6 is 11.8 Å². The highest BCUT2D eigenvalue weighted by atomic mass is 32.2. The number of rotatable bonds is 3. The van der Waals surface area contributed by atoms with E-state index in [2.05, 4.69) is 9.50 Å². The molecule has 136 valence electrons. The molecule has 2 aromatic carbocycles. The van der Waals surface area contributed by atoms with Crippen LogP contribution in [0.25, 0.3) is 16.8 Å². The second-order valence-corrected chi connectivity index (χ2v) is 7.59. The van der Waals surface area contributed by atoms with Crippen molar-refractivity contribution in [2.24, 2.45) is 0 Å². The fourth-order valence-electron chi connectivity index (χ4n) is 2.22. The van der Waals surface area contributed by atoms with Crippen molar-refractivity contribution in [2.75, 3.05) is 0 Å². The third kappa shape index (κ3) is 3.40. The summed E-state index contributed by atoms with van der Waals surface area (Å²) in [5, 5.41) is 1.99. The molecule has 3 rings (SSSR count). The van der Waals surface area contributed by atoms with Gasteiger partial charge < -0.3 is 4.18 Å². The Morgan fingerprint density at radius 2 is 1.69 bits per heavy atom. The molecule has 0 spiro atoms. The molecule has 0 atom stereocenters. The Morgan fingerprint density at radius 1 is 1.04 bits per heavy atom. The highest BCUT2D eigenvalue weighted by Crippen LogP contribution is 2.35. The van der Waals surface area contributed by atoms with Crippen molar-refractivity contribution in [1.29, 1.82) is 0 Å². The van der Waals surface area contributed by atoms with Crippen LogP contribution in [-0.2, 0) is 14.9 Å². The van der Waals surface area contributed by atoms with Gasteiger partial charge in [0.15, 0.2) is 5.75 Å². The van der Waals surface area contributed by atoms with E-state index in [1.54, 1.807) is 6.07 Å². The van der Waals surface area contributed by atoms with E-state index in [1.165, 1.54) is 30.3 Å². The topological polar surface area (TPSA) is 89.5 Å². The standard InChI is InChI=1S/C15H8F3NO5S2/c16-15(17,18)26(22,23)24-11-6-5-8(9-3-1-2-4-10(9)11)7-12-13(20)19-14(21)25-12/h1-7H,(H,19,20,21). The number of benzene rings is 2. The molecule has 0 saturated carbocycles. The number of carbonyl (C=O) groups excluding carboxylic acids is 2. The predicted octanol–water partition coefficient (Wildman–Crippen LogP) is 3.39. The summed E-state index contributed by atoms with van der Waals surface area (Å²) < 4.78 is 64.4. The SMILES string of the molecule is O=C1NC(=O)C(=Cc2ccc(OS(=O)(=O)C(F)(F)F)c3ccccc23)S1. The van der Waals surface area contributed by atoms with E-state index < -0.39 is 32.5 Å². The Kier molecular flexibility index (Phi) is 4.44. The summed E-state index contributed by atoms with van der Waals surface area (Å²) in [6.07, 6.45) is 1.38. The zero-order chi connectivity index (χ0) is 19.1. The number of fused-ring (bicyclic) bond motifs is 1. The van der Waals surface area contributed by atoms with Gasteiger partial charge in [-0.25, -0.2) is 0 Å². The Labute approximate surface area is 149 Å². The number of nitrogens with one attached hydrogen (secondary N) is 1. The molecule has 2 aromatic rings. The zero-order valence-corrected chi connectivity index (χ0v) is 14.2. The van der Waals surface area contributed by atoms with Gasteiger partial charge in [0, 0.05) is 5.39 Å². The van der Waals surface area contributed by atoms with Crippen molar-refractivity contribution in [3.8, 4) is 5.75 Å². The van der Waals surface area contributed by atoms with Crippen molar-refractivity contribution in [1.82, 2.24) is 5.32 Å². The molecule has 1 N–H and O–H groups in total. The molecule has 1 aliphatic rings.